The fraction of sp³-hybridized carbons (Fsp3) is 0.235. The zero-order chi connectivity index (χ0) is 17.7. The average molecular weight is 411 g/mol. The largest absolute Gasteiger partial charge is 0.326 e. The van der Waals surface area contributed by atoms with E-state index in [1.165, 1.54) is 6.07 Å². The highest BCUT2D eigenvalue weighted by molar-refractivity contribution is 9.10. The van der Waals surface area contributed by atoms with Gasteiger partial charge < -0.3 is 5.32 Å². The monoisotopic (exact) mass is 410 g/mol. The van der Waals surface area contributed by atoms with Crippen molar-refractivity contribution in [2.75, 3.05) is 11.9 Å². The van der Waals surface area contributed by atoms with Crippen LogP contribution in [0.1, 0.15) is 17.5 Å². The van der Waals surface area contributed by atoms with Crippen LogP contribution in [-0.2, 0) is 14.8 Å². The second-order valence-corrected chi connectivity index (χ2v) is 7.96. The summed E-state index contributed by atoms with van der Waals surface area (Å²) < 4.78 is 27.4. The third-order valence-corrected chi connectivity index (χ3v) is 6.12. The summed E-state index contributed by atoms with van der Waals surface area (Å²) in [6.45, 7) is 3.93. The van der Waals surface area contributed by atoms with Crippen LogP contribution in [0.5, 0.6) is 0 Å². The molecule has 0 saturated heterocycles. The third-order valence-electron chi connectivity index (χ3n) is 3.65. The Morgan fingerprint density at radius 3 is 2.50 bits per heavy atom. The minimum atomic E-state index is -3.65. The van der Waals surface area contributed by atoms with Crippen LogP contribution in [0.4, 0.5) is 5.69 Å². The lowest BCUT2D eigenvalue weighted by atomic mass is 10.1. The van der Waals surface area contributed by atoms with Crippen LogP contribution in [0.2, 0.25) is 0 Å². The molecule has 0 unspecified atom stereocenters. The summed E-state index contributed by atoms with van der Waals surface area (Å²) in [4.78, 5) is 12.2. The van der Waals surface area contributed by atoms with Crippen molar-refractivity contribution in [3.63, 3.8) is 0 Å². The van der Waals surface area contributed by atoms with E-state index in [2.05, 4.69) is 26.0 Å². The predicted molar refractivity (Wildman–Crippen MR) is 98.5 cm³/mol. The van der Waals surface area contributed by atoms with Crippen LogP contribution in [0.15, 0.2) is 51.8 Å². The van der Waals surface area contributed by atoms with Crippen molar-refractivity contribution in [3.8, 4) is 0 Å². The molecule has 2 aromatic carbocycles. The van der Waals surface area contributed by atoms with E-state index in [9.17, 15) is 13.2 Å². The number of anilines is 1. The van der Waals surface area contributed by atoms with Gasteiger partial charge in [-0.15, -0.1) is 0 Å². The third kappa shape index (κ3) is 4.66. The van der Waals surface area contributed by atoms with Gasteiger partial charge in [0.25, 0.3) is 0 Å². The molecule has 0 fully saturated rings. The number of carbonyl (C=O) groups excluding carboxylic acids is 1. The van der Waals surface area contributed by atoms with Gasteiger partial charge in [0.15, 0.2) is 0 Å². The summed E-state index contributed by atoms with van der Waals surface area (Å²) in [7, 11) is -3.65. The van der Waals surface area contributed by atoms with Gasteiger partial charge in [0, 0.05) is 23.1 Å². The Labute approximate surface area is 150 Å². The van der Waals surface area contributed by atoms with E-state index in [0.717, 1.165) is 16.8 Å². The van der Waals surface area contributed by atoms with E-state index in [1.807, 2.05) is 32.0 Å². The molecule has 5 nitrogen and oxygen atoms in total. The molecule has 128 valence electrons. The van der Waals surface area contributed by atoms with Crippen LogP contribution < -0.4 is 10.0 Å². The normalized spacial score (nSPS) is 11.3. The fourth-order valence-corrected chi connectivity index (χ4v) is 4.17. The number of rotatable bonds is 6. The lowest BCUT2D eigenvalue weighted by Crippen LogP contribution is -2.28. The van der Waals surface area contributed by atoms with E-state index in [4.69, 9.17) is 0 Å². The summed E-state index contributed by atoms with van der Waals surface area (Å²) in [6, 6.07) is 12.2. The summed E-state index contributed by atoms with van der Waals surface area (Å²) in [5.74, 6) is -0.237. The van der Waals surface area contributed by atoms with E-state index in [1.54, 1.807) is 18.2 Å². The van der Waals surface area contributed by atoms with Crippen LogP contribution in [0.3, 0.4) is 0 Å². The van der Waals surface area contributed by atoms with Crippen molar-refractivity contribution < 1.29 is 13.2 Å². The van der Waals surface area contributed by atoms with Gasteiger partial charge in [-0.25, -0.2) is 13.1 Å². The lowest BCUT2D eigenvalue weighted by molar-refractivity contribution is -0.116. The fourth-order valence-electron chi connectivity index (χ4n) is 2.14. The second-order valence-electron chi connectivity index (χ2n) is 5.37. The molecule has 0 radical (unpaired) electrons. The maximum Gasteiger partial charge on any atom is 0.241 e. The molecule has 0 aliphatic carbocycles. The molecule has 0 aliphatic heterocycles. The lowest BCUT2D eigenvalue weighted by Gasteiger charge is -2.11. The Hall–Kier alpha value is -1.70. The second kappa shape index (κ2) is 7.92. The number of carbonyl (C=O) groups is 1. The summed E-state index contributed by atoms with van der Waals surface area (Å²) in [6.07, 6.45) is 0.0526. The maximum atomic E-state index is 12.2. The molecule has 0 atom stereocenters. The average Bonchev–Trinajstić information content (AvgIpc) is 2.52. The molecule has 1 amide bonds. The van der Waals surface area contributed by atoms with Gasteiger partial charge in [0.1, 0.15) is 0 Å². The highest BCUT2D eigenvalue weighted by Crippen LogP contribution is 2.21. The molecule has 0 spiro atoms. The minimum absolute atomic E-state index is 0.0281. The number of halogens is 1. The molecule has 0 aromatic heterocycles. The molecule has 24 heavy (non-hydrogen) atoms. The van der Waals surface area contributed by atoms with E-state index in [0.29, 0.717) is 4.47 Å². The van der Waals surface area contributed by atoms with Gasteiger partial charge in [-0.1, -0.05) is 24.3 Å². The van der Waals surface area contributed by atoms with Crippen molar-refractivity contribution >= 4 is 37.5 Å². The number of hydrogen-bond acceptors (Lipinski definition) is 3. The maximum absolute atomic E-state index is 12.2. The molecule has 2 aromatic rings. The molecule has 0 heterocycles. The number of benzene rings is 2. The van der Waals surface area contributed by atoms with Crippen LogP contribution in [0, 0.1) is 13.8 Å². The van der Waals surface area contributed by atoms with Gasteiger partial charge in [-0.05, 0) is 59.1 Å². The molecule has 0 saturated carbocycles. The highest BCUT2D eigenvalue weighted by atomic mass is 79.9. The van der Waals surface area contributed by atoms with Crippen molar-refractivity contribution in [2.45, 2.75) is 25.2 Å². The van der Waals surface area contributed by atoms with Gasteiger partial charge in [-0.2, -0.15) is 0 Å². The summed E-state index contributed by atoms with van der Waals surface area (Å²) >= 11 is 3.21. The van der Waals surface area contributed by atoms with Gasteiger partial charge in [0.2, 0.25) is 15.9 Å². The number of nitrogens with one attached hydrogen (secondary N) is 2. The van der Waals surface area contributed by atoms with Gasteiger partial charge in [-0.3, -0.25) is 4.79 Å². The standard InChI is InChI=1S/C17H19BrN2O3S/c1-12-6-5-8-15(13(12)2)20-17(21)10-11-19-24(22,23)16-9-4-3-7-14(16)18/h3-9,19H,10-11H2,1-2H3,(H,20,21). The zero-order valence-electron chi connectivity index (χ0n) is 13.5. The first-order chi connectivity index (χ1) is 11.3. The number of aryl methyl sites for hydroxylation is 1. The molecule has 7 heteroatoms. The zero-order valence-corrected chi connectivity index (χ0v) is 15.9. The first-order valence-corrected chi connectivity index (χ1v) is 9.69. The van der Waals surface area contributed by atoms with Crippen molar-refractivity contribution in [2.24, 2.45) is 0 Å². The SMILES string of the molecule is Cc1cccc(NC(=O)CCNS(=O)(=O)c2ccccc2Br)c1C. The van der Waals surface area contributed by atoms with E-state index >= 15 is 0 Å². The smallest absolute Gasteiger partial charge is 0.241 e. The number of hydrogen-bond donors (Lipinski definition) is 2. The first-order valence-electron chi connectivity index (χ1n) is 7.41. The Bertz CT molecular complexity index is 851. The minimum Gasteiger partial charge on any atom is -0.326 e. The predicted octanol–water partition coefficient (Wildman–Crippen LogP) is 3.37. The van der Waals surface area contributed by atoms with E-state index in [-0.39, 0.29) is 23.8 Å². The first kappa shape index (κ1) is 18.6. The summed E-state index contributed by atoms with van der Waals surface area (Å²) in [5, 5.41) is 2.81. The highest BCUT2D eigenvalue weighted by Gasteiger charge is 2.17. The Balaban J connectivity index is 1.93. The van der Waals surface area contributed by atoms with E-state index < -0.39 is 10.0 Å². The number of amides is 1. The van der Waals surface area contributed by atoms with Crippen LogP contribution in [0.25, 0.3) is 0 Å². The molecule has 0 aliphatic rings. The molecular weight excluding hydrogens is 392 g/mol. The van der Waals surface area contributed by atoms with Crippen molar-refractivity contribution in [1.82, 2.24) is 4.72 Å². The summed E-state index contributed by atoms with van der Waals surface area (Å²) in [5.41, 5.74) is 2.83. The van der Waals surface area contributed by atoms with Gasteiger partial charge in [0.05, 0.1) is 4.90 Å². The Morgan fingerprint density at radius 1 is 1.08 bits per heavy atom. The van der Waals surface area contributed by atoms with Crippen molar-refractivity contribution in [3.05, 3.63) is 58.1 Å². The Morgan fingerprint density at radius 2 is 1.79 bits per heavy atom. The van der Waals surface area contributed by atoms with Crippen LogP contribution in [-0.4, -0.2) is 20.9 Å². The van der Waals surface area contributed by atoms with Crippen molar-refractivity contribution in [1.29, 1.82) is 0 Å². The molecular formula is C17H19BrN2O3S. The molecule has 0 bridgehead atoms. The number of sulfonamides is 1. The topological polar surface area (TPSA) is 75.3 Å². The molecule has 2 rings (SSSR count). The molecule has 2 N–H and O–H groups in total. The van der Waals surface area contributed by atoms with Crippen LogP contribution >= 0.6 is 15.9 Å². The quantitative estimate of drug-likeness (QED) is 0.766. The van der Waals surface area contributed by atoms with Gasteiger partial charge >= 0.3 is 0 Å². The Kier molecular flexibility index (Phi) is 6.15.